The molecule has 0 heterocycles. The quantitative estimate of drug-likeness (QED) is 0.287. The summed E-state index contributed by atoms with van der Waals surface area (Å²) in [6.45, 7) is 5.80. The fraction of sp³-hybridized carbons (Fsp3) is 0. The Balaban J connectivity index is 0.000000425. The molecule has 0 fully saturated rings. The van der Waals surface area contributed by atoms with Crippen molar-refractivity contribution in [3.8, 4) is 6.07 Å². The predicted octanol–water partition coefficient (Wildman–Crippen LogP) is 1.81. The Hall–Kier alpha value is -3.47. The molecule has 0 spiro atoms. The fourth-order valence-electron chi connectivity index (χ4n) is 1.22. The minimum absolute atomic E-state index is 0.643. The van der Waals surface area contributed by atoms with Crippen molar-refractivity contribution in [1.82, 2.24) is 0 Å². The van der Waals surface area contributed by atoms with Crippen molar-refractivity contribution in [3.05, 3.63) is 76.3 Å². The Morgan fingerprint density at radius 2 is 1.91 bits per heavy atom. The molecule has 0 radical (unpaired) electrons. The van der Waals surface area contributed by atoms with Gasteiger partial charge in [0.1, 0.15) is 5.83 Å². The number of allylic oxidation sites excluding steroid dienone is 1. The molecule has 0 unspecified atom stereocenters. The Kier molecular flexibility index (Phi) is 7.29. The van der Waals surface area contributed by atoms with Crippen molar-refractivity contribution < 1.29 is 14.1 Å². The highest BCUT2D eigenvalue weighted by atomic mass is 19.1. The van der Waals surface area contributed by atoms with Crippen LogP contribution in [0, 0.1) is 21.4 Å². The summed E-state index contributed by atoms with van der Waals surface area (Å²) in [5.74, 6) is -2.50. The number of primary amides is 1. The van der Waals surface area contributed by atoms with Crippen molar-refractivity contribution in [3.63, 3.8) is 0 Å². The third kappa shape index (κ3) is 5.66. The summed E-state index contributed by atoms with van der Waals surface area (Å²) >= 11 is 0. The summed E-state index contributed by atoms with van der Waals surface area (Å²) in [7, 11) is 0. The van der Waals surface area contributed by atoms with Gasteiger partial charge in [0.15, 0.2) is 5.57 Å². The van der Waals surface area contributed by atoms with Crippen LogP contribution in [-0.2, 0) is 4.79 Å². The smallest absolute Gasteiger partial charge is 0.284 e. The van der Waals surface area contributed by atoms with E-state index in [4.69, 9.17) is 16.7 Å². The second kappa shape index (κ2) is 8.65. The molecular weight excluding hydrogens is 291 g/mol. The lowest BCUT2D eigenvalue weighted by Crippen LogP contribution is -2.18. The van der Waals surface area contributed by atoms with Crippen LogP contribution in [0.2, 0.25) is 0 Å². The van der Waals surface area contributed by atoms with Crippen LogP contribution in [0.1, 0.15) is 5.56 Å². The number of benzene rings is 1. The summed E-state index contributed by atoms with van der Waals surface area (Å²) in [5, 5.41) is 18.6. The summed E-state index contributed by atoms with van der Waals surface area (Å²) in [5.41, 5.74) is 9.75. The molecule has 0 aliphatic heterocycles. The standard InChI is InChI=1S/C7H7FN2O3.C7H6N2/c1-3-5(10(12)13)6(4(2)8)7(9)11;8-5-6-1-3-7(9)4-2-6/h3H,1-2H2,(H2,9,11);1-4H,9H2/b6-5-;. The van der Waals surface area contributed by atoms with Gasteiger partial charge in [-0.2, -0.15) is 5.26 Å². The van der Waals surface area contributed by atoms with E-state index in [0.29, 0.717) is 11.3 Å². The maximum Gasteiger partial charge on any atom is 0.284 e. The molecule has 1 amide bonds. The Bertz CT molecular complexity index is 656. The van der Waals surface area contributed by atoms with Gasteiger partial charge in [0, 0.05) is 11.8 Å². The number of nitriles is 1. The minimum Gasteiger partial charge on any atom is -0.399 e. The normalized spacial score (nSPS) is 10.2. The summed E-state index contributed by atoms with van der Waals surface area (Å²) < 4.78 is 12.5. The van der Waals surface area contributed by atoms with Crippen molar-refractivity contribution in [2.24, 2.45) is 5.73 Å². The first-order chi connectivity index (χ1) is 10.2. The first kappa shape index (κ1) is 18.5. The molecule has 0 aliphatic carbocycles. The van der Waals surface area contributed by atoms with Gasteiger partial charge in [-0.15, -0.1) is 0 Å². The molecular formula is C14H13FN4O3. The monoisotopic (exact) mass is 304 g/mol. The number of halogens is 1. The average molecular weight is 304 g/mol. The minimum atomic E-state index is -1.25. The first-order valence-electron chi connectivity index (χ1n) is 5.65. The van der Waals surface area contributed by atoms with Crippen LogP contribution in [0.15, 0.2) is 60.6 Å². The van der Waals surface area contributed by atoms with E-state index < -0.39 is 27.9 Å². The number of carbonyl (C=O) groups excluding carboxylic acids is 1. The molecule has 114 valence electrons. The summed E-state index contributed by atoms with van der Waals surface area (Å²) in [6, 6.07) is 8.79. The van der Waals surface area contributed by atoms with Crippen molar-refractivity contribution in [1.29, 1.82) is 5.26 Å². The maximum absolute atomic E-state index is 12.5. The van der Waals surface area contributed by atoms with E-state index in [-0.39, 0.29) is 0 Å². The highest BCUT2D eigenvalue weighted by Crippen LogP contribution is 2.15. The molecule has 7 nitrogen and oxygen atoms in total. The lowest BCUT2D eigenvalue weighted by molar-refractivity contribution is -0.419. The Labute approximate surface area is 125 Å². The van der Waals surface area contributed by atoms with Crippen molar-refractivity contribution >= 4 is 11.6 Å². The van der Waals surface area contributed by atoms with E-state index >= 15 is 0 Å². The number of amides is 1. The van der Waals surface area contributed by atoms with E-state index in [1.54, 1.807) is 24.3 Å². The number of nitrogens with two attached hydrogens (primary N) is 2. The lowest BCUT2D eigenvalue weighted by atomic mass is 10.2. The second-order valence-corrected chi connectivity index (χ2v) is 3.72. The maximum atomic E-state index is 12.5. The molecule has 4 N–H and O–H groups in total. The highest BCUT2D eigenvalue weighted by molar-refractivity contribution is 5.96. The largest absolute Gasteiger partial charge is 0.399 e. The summed E-state index contributed by atoms with van der Waals surface area (Å²) in [6.07, 6.45) is 0.727. The zero-order valence-electron chi connectivity index (χ0n) is 11.5. The fourth-order valence-corrected chi connectivity index (χ4v) is 1.22. The number of hydrogen-bond donors (Lipinski definition) is 2. The Morgan fingerprint density at radius 3 is 2.14 bits per heavy atom. The summed E-state index contributed by atoms with van der Waals surface area (Å²) in [4.78, 5) is 19.8. The van der Waals surface area contributed by atoms with E-state index in [0.717, 1.165) is 6.08 Å². The number of nitrogens with zero attached hydrogens (tertiary/aromatic N) is 2. The van der Waals surface area contributed by atoms with E-state index in [1.807, 2.05) is 6.07 Å². The molecule has 0 saturated heterocycles. The van der Waals surface area contributed by atoms with Gasteiger partial charge in [0.2, 0.25) is 0 Å². The van der Waals surface area contributed by atoms with E-state index in [2.05, 4.69) is 13.2 Å². The number of rotatable bonds is 4. The zero-order valence-corrected chi connectivity index (χ0v) is 11.5. The number of hydrogen-bond acceptors (Lipinski definition) is 5. The van der Waals surface area contributed by atoms with Gasteiger partial charge in [0.25, 0.3) is 11.6 Å². The topological polar surface area (TPSA) is 136 Å². The van der Waals surface area contributed by atoms with Gasteiger partial charge in [-0.05, 0) is 24.3 Å². The number of nitro groups is 1. The zero-order chi connectivity index (χ0) is 17.3. The number of nitrogen functional groups attached to an aromatic ring is 1. The van der Waals surface area contributed by atoms with Crippen LogP contribution >= 0.6 is 0 Å². The SMILES string of the molecule is C=C/C(=C(\C(=C)F)C(N)=O)[N+](=O)[O-].N#Cc1ccc(N)cc1. The number of carbonyl (C=O) groups is 1. The van der Waals surface area contributed by atoms with Crippen LogP contribution in [0.5, 0.6) is 0 Å². The van der Waals surface area contributed by atoms with Crippen LogP contribution in [-0.4, -0.2) is 10.8 Å². The van der Waals surface area contributed by atoms with Gasteiger partial charge in [-0.3, -0.25) is 14.9 Å². The van der Waals surface area contributed by atoms with E-state index in [9.17, 15) is 19.3 Å². The molecule has 0 aliphatic rings. The van der Waals surface area contributed by atoms with Crippen molar-refractivity contribution in [2.45, 2.75) is 0 Å². The lowest BCUT2D eigenvalue weighted by Gasteiger charge is -1.98. The second-order valence-electron chi connectivity index (χ2n) is 3.72. The molecule has 22 heavy (non-hydrogen) atoms. The predicted molar refractivity (Wildman–Crippen MR) is 79.2 cm³/mol. The van der Waals surface area contributed by atoms with E-state index in [1.165, 1.54) is 0 Å². The molecule has 1 aromatic carbocycles. The van der Waals surface area contributed by atoms with Crippen LogP contribution in [0.3, 0.4) is 0 Å². The van der Waals surface area contributed by atoms with Gasteiger partial charge in [-0.1, -0.05) is 13.2 Å². The van der Waals surface area contributed by atoms with Crippen molar-refractivity contribution in [2.75, 3.05) is 5.73 Å². The van der Waals surface area contributed by atoms with Gasteiger partial charge in [0.05, 0.1) is 16.6 Å². The average Bonchev–Trinajstić information content (AvgIpc) is 2.44. The molecule has 0 saturated carbocycles. The van der Waals surface area contributed by atoms with Gasteiger partial charge >= 0.3 is 0 Å². The van der Waals surface area contributed by atoms with Crippen LogP contribution in [0.25, 0.3) is 0 Å². The van der Waals surface area contributed by atoms with Crippen LogP contribution in [0.4, 0.5) is 10.1 Å². The van der Waals surface area contributed by atoms with Gasteiger partial charge < -0.3 is 11.5 Å². The van der Waals surface area contributed by atoms with Gasteiger partial charge in [-0.25, -0.2) is 4.39 Å². The molecule has 1 aromatic rings. The first-order valence-corrected chi connectivity index (χ1v) is 5.65. The third-order valence-electron chi connectivity index (χ3n) is 2.20. The number of anilines is 1. The molecule has 8 heteroatoms. The third-order valence-corrected chi connectivity index (χ3v) is 2.20. The molecule has 1 rings (SSSR count). The van der Waals surface area contributed by atoms with Crippen LogP contribution < -0.4 is 11.5 Å². The molecule has 0 aromatic heterocycles. The Morgan fingerprint density at radius 1 is 1.41 bits per heavy atom. The highest BCUT2D eigenvalue weighted by Gasteiger charge is 2.22. The molecule has 0 atom stereocenters. The molecule has 0 bridgehead atoms.